The third kappa shape index (κ3) is 50.7. The summed E-state index contributed by atoms with van der Waals surface area (Å²) < 4.78 is 31.6. The van der Waals surface area contributed by atoms with Crippen LogP contribution in [0.1, 0.15) is 854 Å². The molecule has 0 aromatic rings. The second-order valence-electron chi connectivity index (χ2n) is 83.6. The van der Waals surface area contributed by atoms with Crippen molar-refractivity contribution in [3.05, 3.63) is 0 Å². The van der Waals surface area contributed by atoms with Crippen LogP contribution in [-0.2, 0) is 10.4 Å². The molecule has 0 heterocycles. The molecule has 909 valence electrons. The first-order chi connectivity index (χ1) is 72.9. The molecule has 0 saturated heterocycles. The molecule has 0 fully saturated rings. The number of hydrogen-bond acceptors (Lipinski definition) is 2. The predicted octanol–water partition coefficient (Wildman–Crippen LogP) is 57.5. The Morgan fingerprint density at radius 1 is 0.0933 bits per heavy atom. The number of rotatable bonds is 132. The van der Waals surface area contributed by atoms with Crippen molar-refractivity contribution in [3.63, 3.8) is 0 Å². The number of unbranched alkanes of at least 4 members (excludes halogenated alkanes) is 108. The molecule has 0 amide bonds. The molecule has 2 N–H and O–H groups in total. The zero-order chi connectivity index (χ0) is 110. The minimum atomic E-state index is -9.00. The van der Waals surface area contributed by atoms with E-state index in [1.807, 2.05) is 0 Å². The molecule has 150 heavy (non-hydrogen) atoms. The molecule has 0 aromatic heterocycles. The monoisotopic (exact) mass is 2140 g/mol. The summed E-state index contributed by atoms with van der Waals surface area (Å²) >= 11 is 0. The summed E-state index contributed by atoms with van der Waals surface area (Å²) in [6.07, 6.45) is 180. The Morgan fingerprint density at radius 2 is 0.133 bits per heavy atom. The molecule has 6 heteroatoms. The third-order valence-corrected chi connectivity index (χ3v) is 79.2. The van der Waals surface area contributed by atoms with Crippen LogP contribution in [-0.4, -0.2) is 22.6 Å². The molecule has 0 radical (unpaired) electrons. The molecular weight excluding hydrogens is 1830 g/mol. The van der Waals surface area contributed by atoms with Gasteiger partial charge in [-0.05, 0) is 0 Å². The van der Waals surface area contributed by atoms with Crippen LogP contribution < -0.4 is 0 Å². The SMILES string of the molecule is CCCCCCCCCCC[CH2][Li]([CH2]CCCCCCCCCCC)([CH2]CCCCCCCCCCC)([CH2]CCCCCCCCCCC)([CH2]CCCCCCCCCCC)([CH2]CCCCCCCCCCC)([CH2]CCCCCCCCCCC)([CH2]CCCCCCCCCCC)([CH2]CCCCCCCCCCC)([CH2]CCCCCCCCCCC)([CH2]CCCCCCCCCCC)[CH2]CCCCCCCCCCC.O=S(=O)(O)O. The molecule has 0 aliphatic heterocycles. The molecular formula is C144H302LiO4S. The molecule has 4 nitrogen and oxygen atoms in total. The second kappa shape index (κ2) is 78.8. The molecule has 0 atom stereocenters. The van der Waals surface area contributed by atoms with Gasteiger partial charge in [-0.2, -0.15) is 8.42 Å². The first-order valence-electron chi connectivity index (χ1n) is 77.7. The number of hydrogen-bond donors (Lipinski definition) is 2. The smallest absolute Gasteiger partial charge is 0.264 e. The summed E-state index contributed by atoms with van der Waals surface area (Å²) in [5.41, 5.74) is 0. The molecule has 0 spiro atoms. The van der Waals surface area contributed by atoms with Gasteiger partial charge in [0.05, 0.1) is 0 Å². The van der Waals surface area contributed by atoms with Crippen molar-refractivity contribution >= 4 is 15.5 Å². The van der Waals surface area contributed by atoms with Crippen LogP contribution in [0.4, 0.5) is 0 Å². The first kappa shape index (κ1) is 153. The Bertz CT molecular complexity index is 2430. The molecule has 0 unspecified atom stereocenters. The van der Waals surface area contributed by atoms with Gasteiger partial charge in [-0.1, -0.05) is 0 Å². The van der Waals surface area contributed by atoms with Crippen molar-refractivity contribution < 1.29 is 17.5 Å². The topological polar surface area (TPSA) is 74.6 Å². The van der Waals surface area contributed by atoms with Gasteiger partial charge in [0.25, 0.3) is 0 Å². The normalized spacial score (nSPS) is 15.0. The van der Waals surface area contributed by atoms with Crippen LogP contribution in [0.2, 0.25) is 61.1 Å². The Morgan fingerprint density at radius 3 is 0.180 bits per heavy atom. The fraction of sp³-hybridized carbons (Fsp3) is 1.00. The summed E-state index contributed by atoms with van der Waals surface area (Å²) in [5.74, 6) is 0. The van der Waals surface area contributed by atoms with Crippen LogP contribution in [0.15, 0.2) is 0 Å². The summed E-state index contributed by atoms with van der Waals surface area (Å²) in [7, 11) is -4.67. The van der Waals surface area contributed by atoms with Crippen molar-refractivity contribution in [1.29, 1.82) is 0 Å². The second-order valence-corrected chi connectivity index (χ2v) is 84.5. The van der Waals surface area contributed by atoms with Gasteiger partial charge in [-0.25, -0.2) is 0 Å². The Kier molecular flexibility index (Phi) is 80.1. The van der Waals surface area contributed by atoms with Gasteiger partial charge in [0.15, 0.2) is 0 Å². The Balaban J connectivity index is 0. The maximum absolute atomic E-state index is 9.00. The van der Waals surface area contributed by atoms with Gasteiger partial charge in [-0.3, -0.25) is 9.11 Å². The minimum absolute atomic E-state index is 1.37. The predicted molar refractivity (Wildman–Crippen MR) is 700 cm³/mol. The minimum Gasteiger partial charge on any atom is -0.264 e. The Labute approximate surface area is 940 Å². The molecule has 0 aromatic carbocycles. The fourth-order valence-corrected chi connectivity index (χ4v) is 70.3. The zero-order valence-electron chi connectivity index (χ0n) is 108. The fourth-order valence-electron chi connectivity index (χ4n) is 70.3. The van der Waals surface area contributed by atoms with Crippen molar-refractivity contribution in [2.75, 3.05) is 0 Å². The Hall–Kier alpha value is 0.467. The van der Waals surface area contributed by atoms with Gasteiger partial charge >= 0.3 is 930 Å². The van der Waals surface area contributed by atoms with E-state index in [1.54, 1.807) is 215 Å². The van der Waals surface area contributed by atoms with E-state index in [0.29, 0.717) is 0 Å². The first-order valence-corrected chi connectivity index (χ1v) is 79.1. The average Bonchev–Trinajstić information content (AvgIpc) is 0.429. The average molecular weight is 2140 g/mol. The summed E-state index contributed by atoms with van der Waals surface area (Å²) in [6, 6.07) is 0. The summed E-state index contributed by atoms with van der Waals surface area (Å²) in [5, 5.41) is 12.6. The van der Waals surface area contributed by atoms with Crippen molar-refractivity contribution in [3.8, 4) is 0 Å². The van der Waals surface area contributed by atoms with Crippen molar-refractivity contribution in [1.82, 2.24) is 0 Å². The van der Waals surface area contributed by atoms with E-state index in [4.69, 9.17) is 17.5 Å². The van der Waals surface area contributed by atoms with Gasteiger partial charge in [0, 0.05) is 0 Å². The van der Waals surface area contributed by atoms with Crippen molar-refractivity contribution in [2.24, 2.45) is 0 Å². The van der Waals surface area contributed by atoms with E-state index in [9.17, 15) is 0 Å². The molecule has 0 aliphatic rings. The zero-order valence-corrected chi connectivity index (χ0v) is 109. The van der Waals surface area contributed by atoms with Crippen LogP contribution in [0.5, 0.6) is 0 Å². The van der Waals surface area contributed by atoms with Crippen molar-refractivity contribution in [2.45, 2.75) is 915 Å². The van der Waals surface area contributed by atoms with E-state index >= 15 is 0 Å². The van der Waals surface area contributed by atoms with Gasteiger partial charge < -0.3 is 0 Å². The van der Waals surface area contributed by atoms with E-state index in [-0.39, 0.29) is 0 Å². The third-order valence-electron chi connectivity index (χ3n) is 79.2. The molecule has 0 aliphatic carbocycles. The standard InChI is InChI=1S/12C12H25.Li.H2O4S/c12*1-3-5-7-9-11-12-10-8-6-4-2;;1-5(2,3)4/h12*1,3-12H2,2H3;;(H2,1,2,3,4). The quantitative estimate of drug-likeness (QED) is 0.0362. The van der Waals surface area contributed by atoms with Crippen LogP contribution in [0, 0.1) is 0 Å². The van der Waals surface area contributed by atoms with E-state index in [0.717, 1.165) is 0 Å². The van der Waals surface area contributed by atoms with Crippen LogP contribution in [0.3, 0.4) is 0 Å². The summed E-state index contributed by atoms with van der Waals surface area (Å²) in [4.78, 5) is 0. The molecule has 0 saturated carbocycles. The van der Waals surface area contributed by atoms with Gasteiger partial charge in [0.1, 0.15) is 0 Å². The molecule has 0 rings (SSSR count). The van der Waals surface area contributed by atoms with E-state index < -0.39 is 15.5 Å². The van der Waals surface area contributed by atoms with Gasteiger partial charge in [-0.15, -0.1) is 0 Å². The van der Waals surface area contributed by atoms with E-state index in [1.165, 1.54) is 616 Å². The van der Waals surface area contributed by atoms with Gasteiger partial charge in [0.2, 0.25) is 0 Å². The molecule has 0 bridgehead atoms. The van der Waals surface area contributed by atoms with Crippen LogP contribution >= 0.6 is 0 Å². The summed E-state index contributed by atoms with van der Waals surface area (Å²) in [6.45, 7) is 29.7. The van der Waals surface area contributed by atoms with E-state index in [2.05, 4.69) is 83.1 Å². The maximum atomic E-state index is 8.74. The van der Waals surface area contributed by atoms with Crippen LogP contribution in [0.25, 0.3) is 0 Å².